The van der Waals surface area contributed by atoms with Gasteiger partial charge in [-0.15, -0.1) is 0 Å². The number of hydrogen-bond acceptors (Lipinski definition) is 3. The van der Waals surface area contributed by atoms with Gasteiger partial charge < -0.3 is 10.5 Å². The van der Waals surface area contributed by atoms with Gasteiger partial charge in [-0.2, -0.15) is 0 Å². The lowest BCUT2D eigenvalue weighted by molar-refractivity contribution is 0.0600. The van der Waals surface area contributed by atoms with Gasteiger partial charge in [0, 0.05) is 0 Å². The second-order valence-corrected chi connectivity index (χ2v) is 6.15. The van der Waals surface area contributed by atoms with Crippen molar-refractivity contribution in [1.29, 1.82) is 0 Å². The van der Waals surface area contributed by atoms with Crippen LogP contribution in [0, 0.1) is 5.41 Å². The van der Waals surface area contributed by atoms with Gasteiger partial charge in [-0.05, 0) is 48.4 Å². The molecule has 0 aliphatic carbocycles. The first-order valence-corrected chi connectivity index (χ1v) is 6.75. The van der Waals surface area contributed by atoms with E-state index in [0.29, 0.717) is 23.4 Å². The minimum absolute atomic E-state index is 0.300. The maximum Gasteiger partial charge on any atom is 0.337 e. The van der Waals surface area contributed by atoms with Gasteiger partial charge in [-0.3, -0.25) is 0 Å². The summed E-state index contributed by atoms with van der Waals surface area (Å²) >= 11 is 0. The Morgan fingerprint density at radius 3 is 2.26 bits per heavy atom. The molecule has 1 unspecified atom stereocenters. The second kappa shape index (κ2) is 6.71. The fraction of sp³-hybridized carbons (Fsp3) is 0.562. The van der Waals surface area contributed by atoms with Crippen LogP contribution in [0.25, 0.3) is 0 Å². The van der Waals surface area contributed by atoms with E-state index in [1.807, 2.05) is 12.1 Å². The van der Waals surface area contributed by atoms with Crippen LogP contribution in [-0.2, 0) is 4.74 Å². The van der Waals surface area contributed by atoms with Gasteiger partial charge in [0.15, 0.2) is 0 Å². The van der Waals surface area contributed by atoms with Crippen molar-refractivity contribution in [3.8, 4) is 0 Å². The number of esters is 1. The molecule has 1 aromatic carbocycles. The highest BCUT2D eigenvalue weighted by molar-refractivity contribution is 5.89. The van der Waals surface area contributed by atoms with Crippen molar-refractivity contribution in [3.05, 3.63) is 35.4 Å². The molecule has 0 radical (unpaired) electrons. The van der Waals surface area contributed by atoms with Crippen LogP contribution in [0.1, 0.15) is 55.5 Å². The lowest BCUT2D eigenvalue weighted by atomic mass is 9.84. The molecule has 0 saturated heterocycles. The molecular formula is C16H25NO2. The van der Waals surface area contributed by atoms with Gasteiger partial charge in [0.05, 0.1) is 12.7 Å². The third-order valence-electron chi connectivity index (χ3n) is 3.33. The summed E-state index contributed by atoms with van der Waals surface area (Å²) in [6, 6.07) is 7.57. The predicted molar refractivity (Wildman–Crippen MR) is 78.3 cm³/mol. The molecule has 0 spiro atoms. The van der Waals surface area contributed by atoms with Crippen LogP contribution in [0.2, 0.25) is 0 Å². The van der Waals surface area contributed by atoms with Crippen molar-refractivity contribution >= 4 is 5.97 Å². The van der Waals surface area contributed by atoms with Crippen LogP contribution >= 0.6 is 0 Å². The summed E-state index contributed by atoms with van der Waals surface area (Å²) in [5.41, 5.74) is 7.96. The standard InChI is InChI=1S/C16H25NO2/c1-16(2,3)10-9-14(11-17)12-5-7-13(8-6-12)15(18)19-4/h5-8,14H,9-11,17H2,1-4H3. The quantitative estimate of drug-likeness (QED) is 0.829. The van der Waals surface area contributed by atoms with Crippen LogP contribution in [-0.4, -0.2) is 19.6 Å². The molecule has 1 aromatic rings. The maximum absolute atomic E-state index is 11.4. The van der Waals surface area contributed by atoms with Gasteiger partial charge in [0.25, 0.3) is 0 Å². The average Bonchev–Trinajstić information content (AvgIpc) is 2.38. The summed E-state index contributed by atoms with van der Waals surface area (Å²) < 4.78 is 4.69. The van der Waals surface area contributed by atoms with E-state index in [1.165, 1.54) is 12.7 Å². The Balaban J connectivity index is 2.74. The molecule has 3 nitrogen and oxygen atoms in total. The van der Waals surface area contributed by atoms with Crippen molar-refractivity contribution in [2.75, 3.05) is 13.7 Å². The zero-order chi connectivity index (χ0) is 14.5. The van der Waals surface area contributed by atoms with Gasteiger partial charge in [0.2, 0.25) is 0 Å². The first-order chi connectivity index (χ1) is 8.87. The van der Waals surface area contributed by atoms with E-state index in [2.05, 4.69) is 20.8 Å². The SMILES string of the molecule is COC(=O)c1ccc(C(CN)CCC(C)(C)C)cc1. The number of methoxy groups -OCH3 is 1. The zero-order valence-electron chi connectivity index (χ0n) is 12.4. The third kappa shape index (κ3) is 5.03. The van der Waals surface area contributed by atoms with E-state index >= 15 is 0 Å². The van der Waals surface area contributed by atoms with Crippen LogP contribution in [0.3, 0.4) is 0 Å². The summed E-state index contributed by atoms with van der Waals surface area (Å²) in [6.07, 6.45) is 2.20. The Morgan fingerprint density at radius 1 is 1.26 bits per heavy atom. The topological polar surface area (TPSA) is 52.3 Å². The highest BCUT2D eigenvalue weighted by Gasteiger charge is 2.16. The fourth-order valence-corrected chi connectivity index (χ4v) is 2.04. The van der Waals surface area contributed by atoms with E-state index in [4.69, 9.17) is 10.5 Å². The fourth-order valence-electron chi connectivity index (χ4n) is 2.04. The molecule has 1 atom stereocenters. The zero-order valence-corrected chi connectivity index (χ0v) is 12.4. The Bertz CT molecular complexity index is 404. The number of hydrogen-bond donors (Lipinski definition) is 1. The number of carbonyl (C=O) groups excluding carboxylic acids is 1. The van der Waals surface area contributed by atoms with Crippen LogP contribution < -0.4 is 5.73 Å². The molecule has 3 heteroatoms. The number of ether oxygens (including phenoxy) is 1. The first kappa shape index (κ1) is 15.7. The van der Waals surface area contributed by atoms with E-state index < -0.39 is 0 Å². The highest BCUT2D eigenvalue weighted by atomic mass is 16.5. The number of rotatable bonds is 5. The largest absolute Gasteiger partial charge is 0.465 e. The van der Waals surface area contributed by atoms with Crippen LogP contribution in [0.15, 0.2) is 24.3 Å². The molecule has 0 aliphatic heterocycles. The van der Waals surface area contributed by atoms with Gasteiger partial charge >= 0.3 is 5.97 Å². The van der Waals surface area contributed by atoms with E-state index in [0.717, 1.165) is 12.8 Å². The molecule has 0 heterocycles. The molecule has 0 bridgehead atoms. The molecule has 19 heavy (non-hydrogen) atoms. The normalized spacial score (nSPS) is 13.1. The molecule has 2 N–H and O–H groups in total. The molecule has 0 saturated carbocycles. The maximum atomic E-state index is 11.4. The van der Waals surface area contributed by atoms with E-state index in [1.54, 1.807) is 12.1 Å². The number of benzene rings is 1. The van der Waals surface area contributed by atoms with Crippen LogP contribution in [0.5, 0.6) is 0 Å². The van der Waals surface area contributed by atoms with Crippen molar-refractivity contribution < 1.29 is 9.53 Å². The summed E-state index contributed by atoms with van der Waals surface area (Å²) in [4.78, 5) is 11.4. The molecule has 0 aromatic heterocycles. The highest BCUT2D eigenvalue weighted by Crippen LogP contribution is 2.28. The Morgan fingerprint density at radius 2 is 1.84 bits per heavy atom. The predicted octanol–water partition coefficient (Wildman–Crippen LogP) is 3.34. The Hall–Kier alpha value is -1.35. The smallest absolute Gasteiger partial charge is 0.337 e. The summed E-state index contributed by atoms with van der Waals surface area (Å²) in [7, 11) is 1.39. The van der Waals surface area contributed by atoms with E-state index in [-0.39, 0.29) is 5.97 Å². The average molecular weight is 263 g/mol. The van der Waals surface area contributed by atoms with Crippen molar-refractivity contribution in [2.45, 2.75) is 39.5 Å². The van der Waals surface area contributed by atoms with Gasteiger partial charge in [-0.1, -0.05) is 32.9 Å². The Kier molecular flexibility index (Phi) is 5.55. The van der Waals surface area contributed by atoms with Crippen LogP contribution in [0.4, 0.5) is 0 Å². The number of carbonyl (C=O) groups is 1. The summed E-state index contributed by atoms with van der Waals surface area (Å²) in [5, 5.41) is 0. The molecule has 0 fully saturated rings. The third-order valence-corrected chi connectivity index (χ3v) is 3.33. The summed E-state index contributed by atoms with van der Waals surface area (Å²) in [5.74, 6) is 0.0523. The lowest BCUT2D eigenvalue weighted by Gasteiger charge is -2.22. The first-order valence-electron chi connectivity index (χ1n) is 6.75. The van der Waals surface area contributed by atoms with E-state index in [9.17, 15) is 4.79 Å². The second-order valence-electron chi connectivity index (χ2n) is 6.15. The minimum Gasteiger partial charge on any atom is -0.465 e. The van der Waals surface area contributed by atoms with Crippen molar-refractivity contribution in [2.24, 2.45) is 11.1 Å². The molecule has 1 rings (SSSR count). The monoisotopic (exact) mass is 263 g/mol. The van der Waals surface area contributed by atoms with Crippen molar-refractivity contribution in [3.63, 3.8) is 0 Å². The molecule has 0 amide bonds. The number of nitrogens with two attached hydrogens (primary N) is 1. The minimum atomic E-state index is -0.300. The summed E-state index contributed by atoms with van der Waals surface area (Å²) in [6.45, 7) is 7.34. The van der Waals surface area contributed by atoms with Crippen molar-refractivity contribution in [1.82, 2.24) is 0 Å². The Labute approximate surface area is 116 Å². The molecular weight excluding hydrogens is 238 g/mol. The molecule has 106 valence electrons. The lowest BCUT2D eigenvalue weighted by Crippen LogP contribution is -2.16. The van der Waals surface area contributed by atoms with Gasteiger partial charge in [0.1, 0.15) is 0 Å². The van der Waals surface area contributed by atoms with Gasteiger partial charge in [-0.25, -0.2) is 4.79 Å². The molecule has 0 aliphatic rings.